The van der Waals surface area contributed by atoms with Crippen LogP contribution in [-0.4, -0.2) is 111 Å². The predicted molar refractivity (Wildman–Crippen MR) is 198 cm³/mol. The maximum absolute atomic E-state index is 13.5. The summed E-state index contributed by atoms with van der Waals surface area (Å²) in [5.74, 6) is -1.30. The quantitative estimate of drug-likeness (QED) is 0.0759. The number of nitrogens with zero attached hydrogens (tertiary/aromatic N) is 1. The van der Waals surface area contributed by atoms with E-state index in [0.717, 1.165) is 19.5 Å². The third-order valence-electron chi connectivity index (χ3n) is 8.71. The first kappa shape index (κ1) is 44.9. The number of likely N-dealkylation sites (tertiary alicyclic amines) is 1. The average Bonchev–Trinajstić information content (AvgIpc) is 3.57. The zero-order valence-electron chi connectivity index (χ0n) is 31.5. The number of ether oxygens (including phenoxy) is 3. The fourth-order valence-corrected chi connectivity index (χ4v) is 5.74. The third kappa shape index (κ3) is 19.4. The van der Waals surface area contributed by atoms with E-state index in [0.29, 0.717) is 56.1 Å². The molecule has 6 amide bonds. The Morgan fingerprint density at radius 1 is 0.925 bits per heavy atom. The Kier molecular flexibility index (Phi) is 21.7. The summed E-state index contributed by atoms with van der Waals surface area (Å²) in [6.07, 6.45) is 2.64. The lowest BCUT2D eigenvalue weighted by atomic mass is 9.89. The number of benzene rings is 1. The molecule has 0 spiro atoms. The molecule has 16 nitrogen and oxygen atoms in total. The first-order valence-electron chi connectivity index (χ1n) is 18.6. The van der Waals surface area contributed by atoms with E-state index in [9.17, 15) is 28.8 Å². The second-order valence-corrected chi connectivity index (χ2v) is 13.7. The van der Waals surface area contributed by atoms with Crippen molar-refractivity contribution in [3.63, 3.8) is 0 Å². The number of nitrogens with two attached hydrogens (primary N) is 1. The van der Waals surface area contributed by atoms with Crippen molar-refractivity contribution in [1.29, 1.82) is 0 Å². The van der Waals surface area contributed by atoms with Crippen LogP contribution < -0.4 is 27.0 Å². The molecule has 0 aromatic heterocycles. The summed E-state index contributed by atoms with van der Waals surface area (Å²) in [5, 5.41) is 19.4. The van der Waals surface area contributed by atoms with Gasteiger partial charge in [-0.05, 0) is 61.6 Å². The molecule has 0 saturated carbocycles. The minimum atomic E-state index is -0.796. The zero-order valence-corrected chi connectivity index (χ0v) is 31.5. The molecule has 1 heterocycles. The molecular formula is C37H60N6O10. The number of unbranched alkanes of at least 4 members (excludes halogenated alkanes) is 1. The number of primary amides is 1. The van der Waals surface area contributed by atoms with E-state index in [1.165, 1.54) is 0 Å². The number of alkyl carbamates (subject to hydrolysis) is 1. The van der Waals surface area contributed by atoms with Crippen molar-refractivity contribution < 1.29 is 48.1 Å². The largest absolute Gasteiger partial charge is 0.445 e. The zero-order chi connectivity index (χ0) is 39.0. The van der Waals surface area contributed by atoms with Gasteiger partial charge < -0.3 is 51.2 Å². The van der Waals surface area contributed by atoms with E-state index in [4.69, 9.17) is 25.1 Å². The lowest BCUT2D eigenvalue weighted by molar-refractivity contribution is -0.131. The van der Waals surface area contributed by atoms with Crippen molar-refractivity contribution in [2.45, 2.75) is 84.8 Å². The summed E-state index contributed by atoms with van der Waals surface area (Å²) in [5.41, 5.74) is 6.33. The summed E-state index contributed by atoms with van der Waals surface area (Å²) in [7, 11) is 0. The summed E-state index contributed by atoms with van der Waals surface area (Å²) in [6, 6.07) is 5.23. The van der Waals surface area contributed by atoms with Crippen molar-refractivity contribution in [1.82, 2.24) is 20.9 Å². The van der Waals surface area contributed by atoms with Gasteiger partial charge in [0.2, 0.25) is 17.7 Å². The number of Topliss-reactive ketones (excluding diaryl/α,β-unsaturated/α-hetero) is 1. The van der Waals surface area contributed by atoms with Crippen LogP contribution in [0.25, 0.3) is 0 Å². The first-order valence-corrected chi connectivity index (χ1v) is 18.6. The smallest absolute Gasteiger partial charge is 0.407 e. The molecular weight excluding hydrogens is 688 g/mol. The lowest BCUT2D eigenvalue weighted by Crippen LogP contribution is -2.45. The van der Waals surface area contributed by atoms with E-state index in [2.05, 4.69) is 28.2 Å². The average molecular weight is 749 g/mol. The van der Waals surface area contributed by atoms with Crippen LogP contribution >= 0.6 is 0 Å². The molecule has 3 atom stereocenters. The molecule has 1 aliphatic rings. The standard InChI is InChI=1S/C37H60N6O10/c1-26(2)34(42-32(46)8-4-5-9-33(47)43-17-14-27(3)24-43)31(45)23-29(7-6-15-39-36(38)49)35(48)41-30-12-10-28(11-13-30)25-53-37(50)40-16-19-51-21-22-52-20-18-44/h10-13,26-27,29,34,44H,4-9,14-25H2,1-3H3,(H,40,50)(H,41,48)(H,42,46)(H3,38,39,49)/t27-,29+,34-/m0/s1. The SMILES string of the molecule is CC(C)[C@H](NC(=O)CCCCC(=O)N1CC[C@H](C)C1)C(=O)C[C@@H](CCCNC(N)=O)C(=O)Nc1ccc(COC(=O)NCCOCCOCCO)cc1. The van der Waals surface area contributed by atoms with Crippen LogP contribution in [0.3, 0.4) is 0 Å². The number of nitrogens with one attached hydrogen (secondary N) is 4. The van der Waals surface area contributed by atoms with Crippen LogP contribution in [-0.2, 0) is 40.0 Å². The van der Waals surface area contributed by atoms with Crippen molar-refractivity contribution in [2.75, 3.05) is 64.5 Å². The number of ketones is 1. The van der Waals surface area contributed by atoms with Crippen LogP contribution in [0.2, 0.25) is 0 Å². The Morgan fingerprint density at radius 2 is 1.62 bits per heavy atom. The van der Waals surface area contributed by atoms with E-state index in [1.54, 1.807) is 24.3 Å². The van der Waals surface area contributed by atoms with Crippen LogP contribution in [0.4, 0.5) is 15.3 Å². The molecule has 1 saturated heterocycles. The Hall–Kier alpha value is -4.28. The number of aliphatic hydroxyl groups is 1. The van der Waals surface area contributed by atoms with Gasteiger partial charge in [-0.15, -0.1) is 0 Å². The molecule has 1 aliphatic heterocycles. The van der Waals surface area contributed by atoms with Gasteiger partial charge in [0.15, 0.2) is 5.78 Å². The van der Waals surface area contributed by atoms with Crippen LogP contribution in [0.1, 0.15) is 77.7 Å². The maximum Gasteiger partial charge on any atom is 0.407 e. The molecule has 1 aromatic rings. The normalized spacial score (nSPS) is 15.0. The second-order valence-electron chi connectivity index (χ2n) is 13.7. The highest BCUT2D eigenvalue weighted by atomic mass is 16.6. The monoisotopic (exact) mass is 748 g/mol. The number of anilines is 1. The highest BCUT2D eigenvalue weighted by Gasteiger charge is 2.29. The van der Waals surface area contributed by atoms with Crippen LogP contribution in [0.15, 0.2) is 24.3 Å². The maximum atomic E-state index is 13.5. The molecule has 0 bridgehead atoms. The molecule has 298 valence electrons. The van der Waals surface area contributed by atoms with Crippen LogP contribution in [0, 0.1) is 17.8 Å². The van der Waals surface area contributed by atoms with Gasteiger partial charge in [-0.2, -0.15) is 0 Å². The van der Waals surface area contributed by atoms with Gasteiger partial charge >= 0.3 is 12.1 Å². The molecule has 0 aliphatic carbocycles. The number of carbonyl (C=O) groups excluding carboxylic acids is 6. The van der Waals surface area contributed by atoms with Gasteiger partial charge in [-0.1, -0.05) is 32.9 Å². The van der Waals surface area contributed by atoms with Crippen molar-refractivity contribution in [2.24, 2.45) is 23.5 Å². The second kappa shape index (κ2) is 25.7. The molecule has 7 N–H and O–H groups in total. The molecule has 53 heavy (non-hydrogen) atoms. The third-order valence-corrected chi connectivity index (χ3v) is 8.71. The van der Waals surface area contributed by atoms with Crippen molar-refractivity contribution in [3.05, 3.63) is 29.8 Å². The van der Waals surface area contributed by atoms with Crippen LogP contribution in [0.5, 0.6) is 0 Å². The minimum absolute atomic E-state index is 0.00170. The van der Waals surface area contributed by atoms with E-state index in [1.807, 2.05) is 18.7 Å². The van der Waals surface area contributed by atoms with Gasteiger partial charge in [0.25, 0.3) is 0 Å². The summed E-state index contributed by atoms with van der Waals surface area (Å²) in [4.78, 5) is 77.3. The predicted octanol–water partition coefficient (Wildman–Crippen LogP) is 2.47. The Labute approximate surface area is 312 Å². The van der Waals surface area contributed by atoms with Crippen molar-refractivity contribution in [3.8, 4) is 0 Å². The van der Waals surface area contributed by atoms with Gasteiger partial charge in [0.1, 0.15) is 6.61 Å². The first-order chi connectivity index (χ1) is 25.4. The molecule has 1 aromatic carbocycles. The van der Waals surface area contributed by atoms with Crippen molar-refractivity contribution >= 4 is 41.3 Å². The lowest BCUT2D eigenvalue weighted by Gasteiger charge is -2.24. The Morgan fingerprint density at radius 3 is 2.26 bits per heavy atom. The van der Waals surface area contributed by atoms with E-state index in [-0.39, 0.29) is 82.3 Å². The number of aliphatic hydroxyl groups excluding tert-OH is 1. The molecule has 2 rings (SSSR count). The van der Waals surface area contributed by atoms with Gasteiger partial charge in [0, 0.05) is 57.0 Å². The fourth-order valence-electron chi connectivity index (χ4n) is 5.74. The Balaban J connectivity index is 1.86. The Bertz CT molecular complexity index is 1300. The highest BCUT2D eigenvalue weighted by Crippen LogP contribution is 2.20. The number of rotatable bonds is 26. The molecule has 0 radical (unpaired) electrons. The highest BCUT2D eigenvalue weighted by molar-refractivity contribution is 5.97. The summed E-state index contributed by atoms with van der Waals surface area (Å²) >= 11 is 0. The van der Waals surface area contributed by atoms with E-state index >= 15 is 0 Å². The molecule has 0 unspecified atom stereocenters. The van der Waals surface area contributed by atoms with Gasteiger partial charge in [0.05, 0.1) is 39.1 Å². The summed E-state index contributed by atoms with van der Waals surface area (Å²) in [6.45, 7) is 8.97. The number of urea groups is 1. The fraction of sp³-hybridized carbons (Fsp3) is 0.676. The van der Waals surface area contributed by atoms with E-state index < -0.39 is 30.0 Å². The number of hydrogen-bond acceptors (Lipinski definition) is 10. The molecule has 16 heteroatoms. The molecule has 1 fully saturated rings. The topological polar surface area (TPSA) is 228 Å². The van der Waals surface area contributed by atoms with Gasteiger partial charge in [-0.3, -0.25) is 19.2 Å². The number of amides is 6. The number of carbonyl (C=O) groups is 6. The minimum Gasteiger partial charge on any atom is -0.445 e. The van der Waals surface area contributed by atoms with Gasteiger partial charge in [-0.25, -0.2) is 9.59 Å². The summed E-state index contributed by atoms with van der Waals surface area (Å²) < 4.78 is 15.6. The number of hydrogen-bond donors (Lipinski definition) is 6.